The number of halogens is 1. The summed E-state index contributed by atoms with van der Waals surface area (Å²) >= 11 is 0. The molecule has 4 nitrogen and oxygen atoms in total. The van der Waals surface area contributed by atoms with Gasteiger partial charge in [-0.05, 0) is 47.9 Å². The molecule has 25 heavy (non-hydrogen) atoms. The summed E-state index contributed by atoms with van der Waals surface area (Å²) in [6, 6.07) is 11.6. The van der Waals surface area contributed by atoms with Crippen LogP contribution in [0.15, 0.2) is 48.7 Å². The monoisotopic (exact) mass is 338 g/mol. The molecular formula is C20H19FN2O2. The van der Waals surface area contributed by atoms with E-state index in [9.17, 15) is 14.0 Å². The van der Waals surface area contributed by atoms with Crippen molar-refractivity contribution in [1.82, 2.24) is 4.90 Å². The SMILES string of the molecule is CC(=O)N1C=Cc2ccccc2[C@H]1CC(=O)Nc1ccc(F)cc1C. The van der Waals surface area contributed by atoms with Gasteiger partial charge in [0, 0.05) is 18.8 Å². The molecule has 128 valence electrons. The quantitative estimate of drug-likeness (QED) is 0.918. The summed E-state index contributed by atoms with van der Waals surface area (Å²) in [6.07, 6.45) is 3.71. The Kier molecular flexibility index (Phi) is 4.65. The molecule has 5 heteroatoms. The molecule has 0 saturated heterocycles. The predicted molar refractivity (Wildman–Crippen MR) is 95.1 cm³/mol. The summed E-state index contributed by atoms with van der Waals surface area (Å²) in [5.41, 5.74) is 3.16. The second kappa shape index (κ2) is 6.89. The Balaban J connectivity index is 1.82. The first-order valence-electron chi connectivity index (χ1n) is 8.08. The van der Waals surface area contributed by atoms with Crippen molar-refractivity contribution in [2.45, 2.75) is 26.3 Å². The van der Waals surface area contributed by atoms with Crippen molar-refractivity contribution in [3.05, 3.63) is 71.2 Å². The van der Waals surface area contributed by atoms with E-state index in [1.165, 1.54) is 19.1 Å². The molecule has 1 aliphatic rings. The van der Waals surface area contributed by atoms with Crippen LogP contribution in [0.1, 0.15) is 36.1 Å². The summed E-state index contributed by atoms with van der Waals surface area (Å²) in [5, 5.41) is 2.81. The van der Waals surface area contributed by atoms with Gasteiger partial charge in [-0.25, -0.2) is 4.39 Å². The molecule has 0 radical (unpaired) electrons. The van der Waals surface area contributed by atoms with E-state index in [2.05, 4.69) is 5.32 Å². The van der Waals surface area contributed by atoms with Crippen LogP contribution in [0.25, 0.3) is 6.08 Å². The molecule has 1 atom stereocenters. The van der Waals surface area contributed by atoms with E-state index >= 15 is 0 Å². The summed E-state index contributed by atoms with van der Waals surface area (Å²) < 4.78 is 13.2. The van der Waals surface area contributed by atoms with Crippen LogP contribution in [0.3, 0.4) is 0 Å². The number of carbonyl (C=O) groups is 2. The smallest absolute Gasteiger partial charge is 0.226 e. The Bertz CT molecular complexity index is 861. The van der Waals surface area contributed by atoms with Crippen LogP contribution < -0.4 is 5.32 Å². The van der Waals surface area contributed by atoms with Gasteiger partial charge >= 0.3 is 0 Å². The number of rotatable bonds is 3. The van der Waals surface area contributed by atoms with Crippen LogP contribution in [-0.4, -0.2) is 16.7 Å². The van der Waals surface area contributed by atoms with Crippen molar-refractivity contribution in [2.24, 2.45) is 0 Å². The highest BCUT2D eigenvalue weighted by atomic mass is 19.1. The highest BCUT2D eigenvalue weighted by Crippen LogP contribution is 2.33. The lowest BCUT2D eigenvalue weighted by molar-refractivity contribution is -0.129. The number of amides is 2. The fraction of sp³-hybridized carbons (Fsp3) is 0.200. The van der Waals surface area contributed by atoms with Crippen LogP contribution in [0.4, 0.5) is 10.1 Å². The lowest BCUT2D eigenvalue weighted by Crippen LogP contribution is -2.33. The van der Waals surface area contributed by atoms with Gasteiger partial charge in [-0.15, -0.1) is 0 Å². The first-order valence-corrected chi connectivity index (χ1v) is 8.08. The van der Waals surface area contributed by atoms with Crippen LogP contribution >= 0.6 is 0 Å². The van der Waals surface area contributed by atoms with Gasteiger partial charge in [-0.3, -0.25) is 9.59 Å². The maximum absolute atomic E-state index is 13.2. The van der Waals surface area contributed by atoms with E-state index in [1.807, 2.05) is 30.3 Å². The van der Waals surface area contributed by atoms with Crippen molar-refractivity contribution >= 4 is 23.6 Å². The minimum absolute atomic E-state index is 0.123. The van der Waals surface area contributed by atoms with Crippen LogP contribution in [0, 0.1) is 12.7 Å². The maximum atomic E-state index is 13.2. The Morgan fingerprint density at radius 1 is 1.20 bits per heavy atom. The molecule has 0 fully saturated rings. The van der Waals surface area contributed by atoms with E-state index in [0.717, 1.165) is 11.1 Å². The average Bonchev–Trinajstić information content (AvgIpc) is 2.57. The maximum Gasteiger partial charge on any atom is 0.226 e. The van der Waals surface area contributed by atoms with E-state index < -0.39 is 0 Å². The lowest BCUT2D eigenvalue weighted by Gasteiger charge is -2.32. The molecule has 2 aromatic rings. The van der Waals surface area contributed by atoms with Crippen LogP contribution in [0.2, 0.25) is 0 Å². The number of carbonyl (C=O) groups excluding carboxylic acids is 2. The molecule has 0 aliphatic carbocycles. The molecule has 0 spiro atoms. The molecule has 2 aromatic carbocycles. The standard InChI is InChI=1S/C20H19FN2O2/c1-13-11-16(21)7-8-18(13)22-20(25)12-19-17-6-4-3-5-15(17)9-10-23(19)14(2)24/h3-11,19H,12H2,1-2H3,(H,22,25)/t19-/m1/s1. The first kappa shape index (κ1) is 16.9. The van der Waals surface area contributed by atoms with Gasteiger partial charge in [-0.2, -0.15) is 0 Å². The number of nitrogens with one attached hydrogen (secondary N) is 1. The zero-order chi connectivity index (χ0) is 18.0. The van der Waals surface area contributed by atoms with Gasteiger partial charge in [-0.1, -0.05) is 24.3 Å². The van der Waals surface area contributed by atoms with Gasteiger partial charge in [0.05, 0.1) is 12.5 Å². The van der Waals surface area contributed by atoms with Gasteiger partial charge in [0.25, 0.3) is 0 Å². The fourth-order valence-corrected chi connectivity index (χ4v) is 3.06. The Morgan fingerprint density at radius 3 is 2.68 bits per heavy atom. The lowest BCUT2D eigenvalue weighted by atomic mass is 9.93. The number of fused-ring (bicyclic) bond motifs is 1. The van der Waals surface area contributed by atoms with Gasteiger partial charge in [0.15, 0.2) is 0 Å². The predicted octanol–water partition coefficient (Wildman–Crippen LogP) is 4.04. The summed E-state index contributed by atoms with van der Waals surface area (Å²) in [4.78, 5) is 26.0. The topological polar surface area (TPSA) is 49.4 Å². The van der Waals surface area contributed by atoms with E-state index in [4.69, 9.17) is 0 Å². The fourth-order valence-electron chi connectivity index (χ4n) is 3.06. The van der Waals surface area contributed by atoms with Crippen LogP contribution in [0.5, 0.6) is 0 Å². The van der Waals surface area contributed by atoms with Gasteiger partial charge in [0.1, 0.15) is 5.82 Å². The largest absolute Gasteiger partial charge is 0.326 e. The van der Waals surface area contributed by atoms with Crippen molar-refractivity contribution in [3.63, 3.8) is 0 Å². The molecule has 3 rings (SSSR count). The number of hydrogen-bond acceptors (Lipinski definition) is 2. The molecule has 1 N–H and O–H groups in total. The molecule has 1 aliphatic heterocycles. The van der Waals surface area contributed by atoms with Crippen LogP contribution in [-0.2, 0) is 9.59 Å². The summed E-state index contributed by atoms with van der Waals surface area (Å²) in [5.74, 6) is -0.692. The highest BCUT2D eigenvalue weighted by Gasteiger charge is 2.28. The van der Waals surface area contributed by atoms with Crippen molar-refractivity contribution in [2.75, 3.05) is 5.32 Å². The Morgan fingerprint density at radius 2 is 1.96 bits per heavy atom. The second-order valence-corrected chi connectivity index (χ2v) is 6.10. The minimum atomic E-state index is -0.362. The highest BCUT2D eigenvalue weighted by molar-refractivity contribution is 5.92. The molecule has 1 heterocycles. The molecule has 0 saturated carbocycles. The summed E-state index contributed by atoms with van der Waals surface area (Å²) in [6.45, 7) is 3.21. The van der Waals surface area contributed by atoms with Gasteiger partial charge in [0.2, 0.25) is 11.8 Å². The molecule has 0 bridgehead atoms. The number of aryl methyl sites for hydroxylation is 1. The second-order valence-electron chi connectivity index (χ2n) is 6.10. The molecule has 2 amide bonds. The molecule has 0 aromatic heterocycles. The van der Waals surface area contributed by atoms with Crippen molar-refractivity contribution < 1.29 is 14.0 Å². The van der Waals surface area contributed by atoms with E-state index in [1.54, 1.807) is 24.1 Å². The third-order valence-electron chi connectivity index (χ3n) is 4.31. The van der Waals surface area contributed by atoms with Gasteiger partial charge < -0.3 is 10.2 Å². The zero-order valence-corrected chi connectivity index (χ0v) is 14.1. The third-order valence-corrected chi connectivity index (χ3v) is 4.31. The normalized spacial score (nSPS) is 15.6. The zero-order valence-electron chi connectivity index (χ0n) is 14.1. The minimum Gasteiger partial charge on any atom is -0.326 e. The Labute approximate surface area is 146 Å². The number of nitrogens with zero attached hydrogens (tertiary/aromatic N) is 1. The third kappa shape index (κ3) is 3.60. The average molecular weight is 338 g/mol. The number of hydrogen-bond donors (Lipinski definition) is 1. The van der Waals surface area contributed by atoms with Crippen molar-refractivity contribution in [1.29, 1.82) is 0 Å². The Hall–Kier alpha value is -2.95. The molecule has 0 unspecified atom stereocenters. The summed E-state index contributed by atoms with van der Waals surface area (Å²) in [7, 11) is 0. The number of anilines is 1. The molecular weight excluding hydrogens is 319 g/mol. The number of benzene rings is 2. The van der Waals surface area contributed by atoms with Crippen molar-refractivity contribution in [3.8, 4) is 0 Å². The van der Waals surface area contributed by atoms with E-state index in [-0.39, 0.29) is 30.1 Å². The van der Waals surface area contributed by atoms with E-state index in [0.29, 0.717) is 11.3 Å². The first-order chi connectivity index (χ1) is 12.0.